The van der Waals surface area contributed by atoms with E-state index in [0.29, 0.717) is 52.1 Å². The van der Waals surface area contributed by atoms with Crippen LogP contribution in [0.2, 0.25) is 0 Å². The van der Waals surface area contributed by atoms with Crippen molar-refractivity contribution in [3.63, 3.8) is 0 Å². The fraction of sp³-hybridized carbons (Fsp3) is 1.00. The molecule has 0 saturated carbocycles. The highest BCUT2D eigenvalue weighted by Gasteiger charge is 2.31. The van der Waals surface area contributed by atoms with Gasteiger partial charge in [0.1, 0.15) is 0 Å². The van der Waals surface area contributed by atoms with E-state index < -0.39 is 0 Å². The van der Waals surface area contributed by atoms with Crippen LogP contribution in [-0.4, -0.2) is 84.7 Å². The van der Waals surface area contributed by atoms with E-state index >= 15 is 0 Å². The van der Waals surface area contributed by atoms with E-state index in [-0.39, 0.29) is 16.6 Å². The summed E-state index contributed by atoms with van der Waals surface area (Å²) in [6, 6.07) is 0. The molecule has 0 heterocycles. The molecule has 0 aliphatic rings. The lowest BCUT2D eigenvalue weighted by molar-refractivity contribution is -0.109. The number of halogens is 1. The molecule has 0 spiro atoms. The molecular formula is C20H41ClO6. The summed E-state index contributed by atoms with van der Waals surface area (Å²) in [7, 11) is 5.01. The average molecular weight is 413 g/mol. The van der Waals surface area contributed by atoms with Gasteiger partial charge < -0.3 is 28.4 Å². The van der Waals surface area contributed by atoms with E-state index in [1.165, 1.54) is 0 Å². The molecule has 0 atom stereocenters. The van der Waals surface area contributed by atoms with E-state index in [4.69, 9.17) is 40.0 Å². The van der Waals surface area contributed by atoms with Gasteiger partial charge in [-0.1, -0.05) is 0 Å². The standard InChI is InChI=1S/C20H41ClO6/c1-18(2,8-10-21)26-11-9-19(3,4)27-13-12-25-17-20(14-22-5,15-23-6)16-24-7/h8-17H2,1-7H3. The van der Waals surface area contributed by atoms with Crippen molar-refractivity contribution in [2.24, 2.45) is 5.41 Å². The van der Waals surface area contributed by atoms with Gasteiger partial charge in [0.2, 0.25) is 0 Å². The Morgan fingerprint density at radius 1 is 0.630 bits per heavy atom. The zero-order chi connectivity index (χ0) is 20.8. The number of rotatable bonds is 18. The Morgan fingerprint density at radius 3 is 1.59 bits per heavy atom. The SMILES string of the molecule is COCC(COC)(COC)COCCOC(C)(C)CCOC(C)(C)CCCl. The molecular weight excluding hydrogens is 372 g/mol. The van der Waals surface area contributed by atoms with Gasteiger partial charge in [-0.3, -0.25) is 0 Å². The van der Waals surface area contributed by atoms with Gasteiger partial charge in [-0.2, -0.15) is 0 Å². The number of ether oxygens (including phenoxy) is 6. The maximum Gasteiger partial charge on any atom is 0.0707 e. The van der Waals surface area contributed by atoms with Gasteiger partial charge >= 0.3 is 0 Å². The first kappa shape index (κ1) is 27.0. The summed E-state index contributed by atoms with van der Waals surface area (Å²) in [6.07, 6.45) is 1.63. The third-order valence-corrected chi connectivity index (χ3v) is 4.56. The lowest BCUT2D eigenvalue weighted by atomic mass is 9.92. The smallest absolute Gasteiger partial charge is 0.0707 e. The van der Waals surface area contributed by atoms with Crippen molar-refractivity contribution in [2.45, 2.75) is 51.7 Å². The number of hydrogen-bond donors (Lipinski definition) is 0. The maximum atomic E-state index is 5.97. The predicted octanol–water partition coefficient (Wildman–Crippen LogP) is 3.54. The minimum Gasteiger partial charge on any atom is -0.384 e. The van der Waals surface area contributed by atoms with Crippen LogP contribution in [-0.2, 0) is 28.4 Å². The van der Waals surface area contributed by atoms with Crippen LogP contribution < -0.4 is 0 Å². The van der Waals surface area contributed by atoms with Crippen molar-refractivity contribution >= 4 is 11.6 Å². The molecule has 0 amide bonds. The van der Waals surface area contributed by atoms with Crippen molar-refractivity contribution in [1.82, 2.24) is 0 Å². The van der Waals surface area contributed by atoms with Gasteiger partial charge in [0, 0.05) is 27.2 Å². The molecule has 164 valence electrons. The molecule has 0 unspecified atom stereocenters. The molecule has 27 heavy (non-hydrogen) atoms. The van der Waals surface area contributed by atoms with Crippen LogP contribution in [0.15, 0.2) is 0 Å². The summed E-state index contributed by atoms with van der Waals surface area (Å²) < 4.78 is 33.7. The molecule has 0 bridgehead atoms. The zero-order valence-corrected chi connectivity index (χ0v) is 19.2. The normalized spacial score (nSPS) is 13.3. The second-order valence-corrected chi connectivity index (χ2v) is 8.63. The molecule has 6 nitrogen and oxygen atoms in total. The third kappa shape index (κ3) is 13.0. The number of alkyl halides is 1. The second-order valence-electron chi connectivity index (χ2n) is 8.26. The van der Waals surface area contributed by atoms with Crippen LogP contribution >= 0.6 is 11.6 Å². The Kier molecular flexibility index (Phi) is 14.1. The second kappa shape index (κ2) is 14.1. The Labute approximate surface area is 171 Å². The lowest BCUT2D eigenvalue weighted by Gasteiger charge is -2.32. The largest absolute Gasteiger partial charge is 0.384 e. The van der Waals surface area contributed by atoms with E-state index in [9.17, 15) is 0 Å². The predicted molar refractivity (Wildman–Crippen MR) is 109 cm³/mol. The van der Waals surface area contributed by atoms with Crippen LogP contribution in [0.3, 0.4) is 0 Å². The minimum atomic E-state index is -0.310. The van der Waals surface area contributed by atoms with Gasteiger partial charge in [0.15, 0.2) is 0 Å². The first-order valence-corrected chi connectivity index (χ1v) is 10.1. The van der Waals surface area contributed by atoms with E-state index in [1.54, 1.807) is 21.3 Å². The van der Waals surface area contributed by atoms with Crippen LogP contribution in [0.4, 0.5) is 0 Å². The number of methoxy groups -OCH3 is 3. The quantitative estimate of drug-likeness (QED) is 0.253. The fourth-order valence-electron chi connectivity index (χ4n) is 2.78. The van der Waals surface area contributed by atoms with Crippen LogP contribution in [0.25, 0.3) is 0 Å². The Balaban J connectivity index is 4.18. The monoisotopic (exact) mass is 412 g/mol. The van der Waals surface area contributed by atoms with Gasteiger partial charge in [-0.25, -0.2) is 0 Å². The van der Waals surface area contributed by atoms with E-state index in [0.717, 1.165) is 12.8 Å². The fourth-order valence-corrected chi connectivity index (χ4v) is 3.23. The molecule has 0 radical (unpaired) electrons. The summed E-state index contributed by atoms with van der Waals surface area (Å²) in [4.78, 5) is 0. The summed E-state index contributed by atoms with van der Waals surface area (Å²) in [5, 5.41) is 0. The third-order valence-electron chi connectivity index (χ3n) is 4.37. The van der Waals surface area contributed by atoms with Gasteiger partial charge in [0.05, 0.1) is 62.9 Å². The molecule has 0 saturated heterocycles. The van der Waals surface area contributed by atoms with Crippen LogP contribution in [0, 0.1) is 5.41 Å². The zero-order valence-electron chi connectivity index (χ0n) is 18.4. The highest BCUT2D eigenvalue weighted by atomic mass is 35.5. The van der Waals surface area contributed by atoms with Gasteiger partial charge in [0.25, 0.3) is 0 Å². The Hall–Kier alpha value is 0.0500. The van der Waals surface area contributed by atoms with Crippen LogP contribution in [0.1, 0.15) is 40.5 Å². The van der Waals surface area contributed by atoms with Crippen molar-refractivity contribution in [1.29, 1.82) is 0 Å². The highest BCUT2D eigenvalue weighted by Crippen LogP contribution is 2.21. The van der Waals surface area contributed by atoms with E-state index in [2.05, 4.69) is 27.7 Å². The summed E-state index contributed by atoms with van der Waals surface area (Å²) in [5.74, 6) is 0.598. The molecule has 0 aromatic carbocycles. The number of hydrogen-bond acceptors (Lipinski definition) is 6. The summed E-state index contributed by atoms with van der Waals surface area (Å²) >= 11 is 5.80. The topological polar surface area (TPSA) is 55.4 Å². The van der Waals surface area contributed by atoms with Crippen molar-refractivity contribution < 1.29 is 28.4 Å². The molecule has 0 aromatic heterocycles. The van der Waals surface area contributed by atoms with Gasteiger partial charge in [-0.15, -0.1) is 11.6 Å². The molecule has 0 fully saturated rings. The Morgan fingerprint density at radius 2 is 1.11 bits per heavy atom. The molecule has 0 N–H and O–H groups in total. The first-order valence-electron chi connectivity index (χ1n) is 9.54. The Bertz CT molecular complexity index is 345. The average Bonchev–Trinajstić information content (AvgIpc) is 2.54. The summed E-state index contributed by atoms with van der Waals surface area (Å²) in [6.45, 7) is 11.9. The van der Waals surface area contributed by atoms with Crippen molar-refractivity contribution in [2.75, 3.05) is 73.5 Å². The molecule has 0 aromatic rings. The van der Waals surface area contributed by atoms with Crippen molar-refractivity contribution in [3.05, 3.63) is 0 Å². The lowest BCUT2D eigenvalue weighted by Crippen LogP contribution is -2.41. The van der Waals surface area contributed by atoms with E-state index in [1.807, 2.05) is 0 Å². The van der Waals surface area contributed by atoms with Gasteiger partial charge in [-0.05, 0) is 40.5 Å². The molecule has 7 heteroatoms. The van der Waals surface area contributed by atoms with Crippen LogP contribution in [0.5, 0.6) is 0 Å². The molecule has 0 aliphatic carbocycles. The maximum absolute atomic E-state index is 5.97. The minimum absolute atomic E-state index is 0.200. The molecule has 0 rings (SSSR count). The van der Waals surface area contributed by atoms with Crippen molar-refractivity contribution in [3.8, 4) is 0 Å². The first-order chi connectivity index (χ1) is 12.7. The summed E-state index contributed by atoms with van der Waals surface area (Å²) in [5.41, 5.74) is -0.785. The molecule has 0 aliphatic heterocycles. The highest BCUT2D eigenvalue weighted by molar-refractivity contribution is 6.17.